The van der Waals surface area contributed by atoms with Gasteiger partial charge in [-0.3, -0.25) is 9.48 Å². The molecule has 5 heteroatoms. The Labute approximate surface area is 88.4 Å². The van der Waals surface area contributed by atoms with Gasteiger partial charge in [0.05, 0.1) is 12.7 Å². The Balaban J connectivity index is 1.86. The number of nitrogens with one attached hydrogen (secondary N) is 1. The van der Waals surface area contributed by atoms with E-state index in [1.165, 1.54) is 0 Å². The van der Waals surface area contributed by atoms with E-state index in [1.807, 2.05) is 6.20 Å². The summed E-state index contributed by atoms with van der Waals surface area (Å²) in [6, 6.07) is 1.73. The Kier molecular flexibility index (Phi) is 3.01. The second-order valence-corrected chi connectivity index (χ2v) is 3.63. The van der Waals surface area contributed by atoms with Gasteiger partial charge in [-0.2, -0.15) is 5.10 Å². The van der Waals surface area contributed by atoms with Gasteiger partial charge in [-0.1, -0.05) is 6.92 Å². The Morgan fingerprint density at radius 3 is 3.27 bits per heavy atom. The number of amides is 1. The average molecular weight is 209 g/mol. The molecule has 1 atom stereocenters. The van der Waals surface area contributed by atoms with Crippen LogP contribution in [0.2, 0.25) is 0 Å². The van der Waals surface area contributed by atoms with Gasteiger partial charge < -0.3 is 10.1 Å². The maximum atomic E-state index is 11.6. The lowest BCUT2D eigenvalue weighted by Gasteiger charge is -1.99. The van der Waals surface area contributed by atoms with E-state index in [9.17, 15) is 4.79 Å². The van der Waals surface area contributed by atoms with Crippen LogP contribution in [-0.4, -0.2) is 34.9 Å². The fraction of sp³-hybridized carbons (Fsp3) is 0.600. The zero-order valence-electron chi connectivity index (χ0n) is 8.77. The highest BCUT2D eigenvalue weighted by Gasteiger charge is 2.23. The van der Waals surface area contributed by atoms with Gasteiger partial charge in [0.25, 0.3) is 5.91 Å². The third-order valence-corrected chi connectivity index (χ3v) is 2.22. The van der Waals surface area contributed by atoms with Crippen molar-refractivity contribution in [1.29, 1.82) is 0 Å². The Bertz CT molecular complexity index is 344. The molecule has 1 saturated heterocycles. The summed E-state index contributed by atoms with van der Waals surface area (Å²) in [6.45, 7) is 4.26. The molecule has 1 aromatic heterocycles. The van der Waals surface area contributed by atoms with Crippen LogP contribution in [0.1, 0.15) is 23.8 Å². The molecule has 0 spiro atoms. The number of aryl methyl sites for hydroxylation is 1. The SMILES string of the molecule is CCCn1ccc(C(=O)NC[C@@H]2CO2)n1. The van der Waals surface area contributed by atoms with E-state index in [0.29, 0.717) is 12.2 Å². The second-order valence-electron chi connectivity index (χ2n) is 3.63. The summed E-state index contributed by atoms with van der Waals surface area (Å²) in [4.78, 5) is 11.6. The lowest BCUT2D eigenvalue weighted by Crippen LogP contribution is -2.27. The third-order valence-electron chi connectivity index (χ3n) is 2.22. The fourth-order valence-corrected chi connectivity index (χ4v) is 1.32. The predicted molar refractivity (Wildman–Crippen MR) is 54.6 cm³/mol. The largest absolute Gasteiger partial charge is 0.371 e. The number of carbonyl (C=O) groups excluding carboxylic acids is 1. The molecule has 0 aliphatic carbocycles. The zero-order valence-corrected chi connectivity index (χ0v) is 8.77. The summed E-state index contributed by atoms with van der Waals surface area (Å²) >= 11 is 0. The summed E-state index contributed by atoms with van der Waals surface area (Å²) < 4.78 is 6.78. The maximum Gasteiger partial charge on any atom is 0.271 e. The number of aromatic nitrogens is 2. The Hall–Kier alpha value is -1.36. The number of ether oxygens (including phenoxy) is 1. The minimum atomic E-state index is -0.125. The smallest absolute Gasteiger partial charge is 0.271 e. The van der Waals surface area contributed by atoms with Gasteiger partial charge in [0.15, 0.2) is 0 Å². The minimum Gasteiger partial charge on any atom is -0.371 e. The molecule has 1 aliphatic heterocycles. The van der Waals surface area contributed by atoms with Crippen molar-refractivity contribution in [2.24, 2.45) is 0 Å². The molecule has 1 N–H and O–H groups in total. The van der Waals surface area contributed by atoms with E-state index in [4.69, 9.17) is 4.74 Å². The number of epoxide rings is 1. The van der Waals surface area contributed by atoms with Gasteiger partial charge in [0, 0.05) is 19.3 Å². The van der Waals surface area contributed by atoms with Crippen LogP contribution in [0.15, 0.2) is 12.3 Å². The van der Waals surface area contributed by atoms with Crippen LogP contribution in [0.4, 0.5) is 0 Å². The van der Waals surface area contributed by atoms with Crippen LogP contribution in [0.25, 0.3) is 0 Å². The molecule has 1 aliphatic rings. The van der Waals surface area contributed by atoms with Gasteiger partial charge in [-0.25, -0.2) is 0 Å². The van der Waals surface area contributed by atoms with Crippen molar-refractivity contribution < 1.29 is 9.53 Å². The fourth-order valence-electron chi connectivity index (χ4n) is 1.32. The van der Waals surface area contributed by atoms with Crippen LogP contribution < -0.4 is 5.32 Å². The predicted octanol–water partition coefficient (Wildman–Crippen LogP) is 0.422. The minimum absolute atomic E-state index is 0.125. The van der Waals surface area contributed by atoms with Crippen molar-refractivity contribution >= 4 is 5.91 Å². The quantitative estimate of drug-likeness (QED) is 0.715. The van der Waals surface area contributed by atoms with Crippen molar-refractivity contribution in [3.63, 3.8) is 0 Å². The molecule has 0 aromatic carbocycles. The van der Waals surface area contributed by atoms with E-state index >= 15 is 0 Å². The monoisotopic (exact) mass is 209 g/mol. The highest BCUT2D eigenvalue weighted by molar-refractivity contribution is 5.92. The maximum absolute atomic E-state index is 11.6. The number of carbonyl (C=O) groups is 1. The number of hydrogen-bond acceptors (Lipinski definition) is 3. The van der Waals surface area contributed by atoms with Crippen molar-refractivity contribution in [3.05, 3.63) is 18.0 Å². The molecule has 0 unspecified atom stereocenters. The standard InChI is InChI=1S/C10H15N3O2/c1-2-4-13-5-3-9(12-13)10(14)11-6-8-7-15-8/h3,5,8H,2,4,6-7H2,1H3,(H,11,14)/t8-/m1/s1. The zero-order chi connectivity index (χ0) is 10.7. The number of nitrogens with zero attached hydrogens (tertiary/aromatic N) is 2. The van der Waals surface area contributed by atoms with E-state index in [0.717, 1.165) is 19.6 Å². The van der Waals surface area contributed by atoms with E-state index in [1.54, 1.807) is 10.7 Å². The molecular formula is C10H15N3O2. The van der Waals surface area contributed by atoms with Crippen LogP contribution in [-0.2, 0) is 11.3 Å². The summed E-state index contributed by atoms with van der Waals surface area (Å²) in [6.07, 6.45) is 3.05. The first-order valence-electron chi connectivity index (χ1n) is 5.23. The van der Waals surface area contributed by atoms with Gasteiger partial charge in [-0.05, 0) is 12.5 Å². The van der Waals surface area contributed by atoms with Crippen molar-refractivity contribution in [3.8, 4) is 0 Å². The van der Waals surface area contributed by atoms with E-state index < -0.39 is 0 Å². The molecule has 2 rings (SSSR count). The van der Waals surface area contributed by atoms with Crippen molar-refractivity contribution in [1.82, 2.24) is 15.1 Å². The number of hydrogen-bond donors (Lipinski definition) is 1. The van der Waals surface area contributed by atoms with Crippen molar-refractivity contribution in [2.75, 3.05) is 13.2 Å². The normalized spacial score (nSPS) is 18.9. The molecule has 1 amide bonds. The molecule has 0 saturated carbocycles. The first kappa shape index (κ1) is 10.2. The topological polar surface area (TPSA) is 59.5 Å². The lowest BCUT2D eigenvalue weighted by atomic mass is 10.4. The van der Waals surface area contributed by atoms with Gasteiger partial charge >= 0.3 is 0 Å². The van der Waals surface area contributed by atoms with Gasteiger partial charge in [-0.15, -0.1) is 0 Å². The van der Waals surface area contributed by atoms with Crippen LogP contribution in [0.3, 0.4) is 0 Å². The molecule has 0 bridgehead atoms. The highest BCUT2D eigenvalue weighted by Crippen LogP contribution is 2.06. The first-order valence-corrected chi connectivity index (χ1v) is 5.23. The molecule has 82 valence electrons. The summed E-state index contributed by atoms with van der Waals surface area (Å²) in [7, 11) is 0. The van der Waals surface area contributed by atoms with E-state index in [2.05, 4.69) is 17.3 Å². The molecule has 5 nitrogen and oxygen atoms in total. The van der Waals surface area contributed by atoms with Gasteiger partial charge in [0.1, 0.15) is 5.69 Å². The third kappa shape index (κ3) is 2.79. The average Bonchev–Trinajstić information content (AvgIpc) is 2.94. The Morgan fingerprint density at radius 1 is 1.80 bits per heavy atom. The van der Waals surface area contributed by atoms with E-state index in [-0.39, 0.29) is 12.0 Å². The first-order chi connectivity index (χ1) is 7.29. The molecule has 15 heavy (non-hydrogen) atoms. The van der Waals surface area contributed by atoms with Crippen LogP contribution >= 0.6 is 0 Å². The van der Waals surface area contributed by atoms with Crippen LogP contribution in [0.5, 0.6) is 0 Å². The van der Waals surface area contributed by atoms with Crippen molar-refractivity contribution in [2.45, 2.75) is 26.0 Å². The lowest BCUT2D eigenvalue weighted by molar-refractivity contribution is 0.0944. The number of rotatable bonds is 5. The molecule has 0 radical (unpaired) electrons. The highest BCUT2D eigenvalue weighted by atomic mass is 16.6. The Morgan fingerprint density at radius 2 is 2.60 bits per heavy atom. The summed E-state index contributed by atoms with van der Waals surface area (Å²) in [5, 5.41) is 6.94. The molecule has 1 aromatic rings. The molecular weight excluding hydrogens is 194 g/mol. The molecule has 2 heterocycles. The molecule has 1 fully saturated rings. The van der Waals surface area contributed by atoms with Gasteiger partial charge in [0.2, 0.25) is 0 Å². The van der Waals surface area contributed by atoms with Crippen LogP contribution in [0, 0.1) is 0 Å². The second kappa shape index (κ2) is 4.44. The summed E-state index contributed by atoms with van der Waals surface area (Å²) in [5.41, 5.74) is 0.476. The summed E-state index contributed by atoms with van der Waals surface area (Å²) in [5.74, 6) is -0.125.